The van der Waals surface area contributed by atoms with Crippen LogP contribution in [-0.4, -0.2) is 18.4 Å². The van der Waals surface area contributed by atoms with Crippen molar-refractivity contribution in [1.29, 1.82) is 0 Å². The van der Waals surface area contributed by atoms with Gasteiger partial charge in [-0.1, -0.05) is 32.0 Å². The molecule has 1 aliphatic heterocycles. The molecule has 2 amide bonds. The quantitative estimate of drug-likeness (QED) is 0.866. The lowest BCUT2D eigenvalue weighted by Gasteiger charge is -2.10. The van der Waals surface area contributed by atoms with Crippen LogP contribution < -0.4 is 10.6 Å². The Morgan fingerprint density at radius 1 is 1.47 bits per heavy atom. The number of carbonyl (C=O) groups excluding carboxylic acids is 2. The van der Waals surface area contributed by atoms with Crippen molar-refractivity contribution in [1.82, 2.24) is 5.32 Å². The van der Waals surface area contributed by atoms with Gasteiger partial charge in [0.2, 0.25) is 11.8 Å². The number of amides is 2. The minimum absolute atomic E-state index is 0.000512. The Morgan fingerprint density at radius 2 is 2.21 bits per heavy atom. The molecule has 2 N–H and O–H groups in total. The van der Waals surface area contributed by atoms with Gasteiger partial charge < -0.3 is 10.6 Å². The lowest BCUT2D eigenvalue weighted by atomic mass is 9.94. The van der Waals surface area contributed by atoms with E-state index in [1.165, 1.54) is 0 Å². The molecule has 1 saturated carbocycles. The number of hydrogen-bond donors (Lipinski definition) is 2. The summed E-state index contributed by atoms with van der Waals surface area (Å²) in [5.41, 5.74) is 1.23. The summed E-state index contributed by atoms with van der Waals surface area (Å²) in [4.78, 5) is 24.3. The summed E-state index contributed by atoms with van der Waals surface area (Å²) in [6, 6.07) is 7.66. The van der Waals surface area contributed by atoms with Crippen molar-refractivity contribution >= 4 is 17.5 Å². The number of benzene rings is 1. The van der Waals surface area contributed by atoms with Gasteiger partial charge in [-0.15, -0.1) is 0 Å². The van der Waals surface area contributed by atoms with Gasteiger partial charge in [-0.05, 0) is 24.0 Å². The first kappa shape index (κ1) is 12.2. The fourth-order valence-corrected chi connectivity index (χ4v) is 2.89. The number of rotatable bonds is 3. The van der Waals surface area contributed by atoms with E-state index in [1.54, 1.807) is 0 Å². The van der Waals surface area contributed by atoms with Gasteiger partial charge in [0.1, 0.15) is 0 Å². The van der Waals surface area contributed by atoms with E-state index in [-0.39, 0.29) is 17.7 Å². The second-order valence-corrected chi connectivity index (χ2v) is 5.87. The smallest absolute Gasteiger partial charge is 0.235 e. The summed E-state index contributed by atoms with van der Waals surface area (Å²) in [5.74, 6) is 0.178. The third-order valence-corrected chi connectivity index (χ3v) is 4.02. The van der Waals surface area contributed by atoms with Crippen molar-refractivity contribution in [3.63, 3.8) is 0 Å². The number of anilines is 1. The molecule has 0 unspecified atom stereocenters. The van der Waals surface area contributed by atoms with Crippen LogP contribution in [0.2, 0.25) is 0 Å². The molecule has 2 atom stereocenters. The van der Waals surface area contributed by atoms with Crippen LogP contribution in [0.5, 0.6) is 0 Å². The van der Waals surface area contributed by atoms with Gasteiger partial charge in [-0.2, -0.15) is 0 Å². The SMILES string of the molecule is CC(C)CNC(=O)[C@@H]1C[C@]12C(=O)Nc1ccccc12. The van der Waals surface area contributed by atoms with Gasteiger partial charge in [0.25, 0.3) is 0 Å². The third kappa shape index (κ3) is 1.74. The molecule has 4 nitrogen and oxygen atoms in total. The van der Waals surface area contributed by atoms with Crippen molar-refractivity contribution in [2.24, 2.45) is 11.8 Å². The van der Waals surface area contributed by atoms with Crippen LogP contribution >= 0.6 is 0 Å². The Kier molecular flexibility index (Phi) is 2.62. The fraction of sp³-hybridized carbons (Fsp3) is 0.467. The van der Waals surface area contributed by atoms with Crippen molar-refractivity contribution in [3.05, 3.63) is 29.8 Å². The van der Waals surface area contributed by atoms with Crippen LogP contribution in [0.25, 0.3) is 0 Å². The zero-order valence-electron chi connectivity index (χ0n) is 11.2. The summed E-state index contributed by atoms with van der Waals surface area (Å²) in [6.07, 6.45) is 0.625. The predicted octanol–water partition coefficient (Wildman–Crippen LogP) is 1.67. The first-order valence-corrected chi connectivity index (χ1v) is 6.74. The number of nitrogens with one attached hydrogen (secondary N) is 2. The second-order valence-electron chi connectivity index (χ2n) is 5.87. The minimum atomic E-state index is -0.600. The summed E-state index contributed by atoms with van der Waals surface area (Å²) in [6.45, 7) is 4.77. The Bertz CT molecular complexity index is 553. The molecule has 19 heavy (non-hydrogen) atoms. The van der Waals surface area contributed by atoms with Gasteiger partial charge in [-0.3, -0.25) is 9.59 Å². The summed E-state index contributed by atoms with van der Waals surface area (Å²) in [7, 11) is 0. The monoisotopic (exact) mass is 258 g/mol. The van der Waals surface area contributed by atoms with Crippen molar-refractivity contribution in [2.75, 3.05) is 11.9 Å². The number of hydrogen-bond acceptors (Lipinski definition) is 2. The van der Waals surface area contributed by atoms with Crippen molar-refractivity contribution < 1.29 is 9.59 Å². The van der Waals surface area contributed by atoms with Gasteiger partial charge in [0.15, 0.2) is 0 Å². The van der Waals surface area contributed by atoms with E-state index in [0.717, 1.165) is 11.3 Å². The highest BCUT2D eigenvalue weighted by Crippen LogP contribution is 2.59. The molecule has 0 bridgehead atoms. The van der Waals surface area contributed by atoms with Crippen molar-refractivity contribution in [3.8, 4) is 0 Å². The molecule has 1 aromatic carbocycles. The fourth-order valence-electron chi connectivity index (χ4n) is 2.89. The van der Waals surface area contributed by atoms with Gasteiger partial charge >= 0.3 is 0 Å². The third-order valence-electron chi connectivity index (χ3n) is 4.02. The summed E-state index contributed by atoms with van der Waals surface area (Å²) >= 11 is 0. The molecule has 1 aromatic rings. The van der Waals surface area contributed by atoms with Crippen LogP contribution in [-0.2, 0) is 15.0 Å². The predicted molar refractivity (Wildman–Crippen MR) is 72.7 cm³/mol. The molecule has 0 saturated heterocycles. The largest absolute Gasteiger partial charge is 0.356 e. The topological polar surface area (TPSA) is 58.2 Å². The molecule has 100 valence electrons. The van der Waals surface area contributed by atoms with Crippen LogP contribution in [0.15, 0.2) is 24.3 Å². The highest BCUT2D eigenvalue weighted by Gasteiger charge is 2.67. The van der Waals surface area contributed by atoms with Gasteiger partial charge in [0.05, 0.1) is 11.3 Å². The molecule has 1 spiro atoms. The maximum Gasteiger partial charge on any atom is 0.235 e. The zero-order valence-corrected chi connectivity index (χ0v) is 11.2. The minimum Gasteiger partial charge on any atom is -0.356 e. The van der Waals surface area contributed by atoms with Crippen LogP contribution in [0.1, 0.15) is 25.8 Å². The van der Waals surface area contributed by atoms with E-state index >= 15 is 0 Å². The molecule has 4 heteroatoms. The highest BCUT2D eigenvalue weighted by molar-refractivity contribution is 6.12. The molecule has 1 fully saturated rings. The molecule has 0 radical (unpaired) electrons. The van der Waals surface area contributed by atoms with E-state index < -0.39 is 5.41 Å². The average Bonchev–Trinajstić information content (AvgIpc) is 3.06. The molecular weight excluding hydrogens is 240 g/mol. The van der Waals surface area contributed by atoms with E-state index in [2.05, 4.69) is 24.5 Å². The number of para-hydroxylation sites is 1. The van der Waals surface area contributed by atoms with Crippen LogP contribution in [0.3, 0.4) is 0 Å². The Balaban J connectivity index is 1.80. The molecule has 1 heterocycles. The first-order chi connectivity index (χ1) is 9.05. The number of carbonyl (C=O) groups is 2. The van der Waals surface area contributed by atoms with Gasteiger partial charge in [0, 0.05) is 12.2 Å². The molecule has 3 rings (SSSR count). The van der Waals surface area contributed by atoms with E-state index in [9.17, 15) is 9.59 Å². The zero-order chi connectivity index (χ0) is 13.6. The standard InChI is InChI=1S/C15H18N2O2/c1-9(2)8-16-13(18)11-7-15(11)10-5-3-4-6-12(10)17-14(15)19/h3-6,9,11H,7-8H2,1-2H3,(H,16,18)(H,17,19)/t11-,15+/m0/s1. The molecular formula is C15H18N2O2. The Hall–Kier alpha value is -1.84. The maximum absolute atomic E-state index is 12.2. The number of fused-ring (bicyclic) bond motifs is 2. The Labute approximate surface area is 112 Å². The average molecular weight is 258 g/mol. The van der Waals surface area contributed by atoms with Crippen LogP contribution in [0, 0.1) is 11.8 Å². The summed E-state index contributed by atoms with van der Waals surface area (Å²) in [5, 5.41) is 5.81. The lowest BCUT2D eigenvalue weighted by molar-refractivity contribution is -0.125. The maximum atomic E-state index is 12.2. The normalized spacial score (nSPS) is 27.3. The van der Waals surface area contributed by atoms with Gasteiger partial charge in [-0.25, -0.2) is 0 Å². The highest BCUT2D eigenvalue weighted by atomic mass is 16.2. The van der Waals surface area contributed by atoms with Crippen molar-refractivity contribution in [2.45, 2.75) is 25.7 Å². The molecule has 1 aliphatic carbocycles. The van der Waals surface area contributed by atoms with E-state index in [0.29, 0.717) is 18.9 Å². The Morgan fingerprint density at radius 3 is 2.95 bits per heavy atom. The van der Waals surface area contributed by atoms with E-state index in [4.69, 9.17) is 0 Å². The summed E-state index contributed by atoms with van der Waals surface area (Å²) < 4.78 is 0. The molecule has 2 aliphatic rings. The molecule has 0 aromatic heterocycles. The lowest BCUT2D eigenvalue weighted by Crippen LogP contribution is -2.33. The first-order valence-electron chi connectivity index (χ1n) is 6.74. The van der Waals surface area contributed by atoms with Crippen LogP contribution in [0.4, 0.5) is 5.69 Å². The van der Waals surface area contributed by atoms with E-state index in [1.807, 2.05) is 24.3 Å². The second kappa shape index (κ2) is 4.08.